The molecule has 2 aliphatic rings. The van der Waals surface area contributed by atoms with Gasteiger partial charge in [0, 0.05) is 4.91 Å². The van der Waals surface area contributed by atoms with E-state index in [1.54, 1.807) is 0 Å². The molecular formula is C8H10N2O2S. The lowest BCUT2D eigenvalue weighted by Gasteiger charge is -2.20. The molecule has 0 aromatic heterocycles. The molecule has 1 N–H and O–H groups in total. The summed E-state index contributed by atoms with van der Waals surface area (Å²) in [6.07, 6.45) is 5.01. The third-order valence-corrected chi connectivity index (χ3v) is 2.91. The molecule has 1 heterocycles. The van der Waals surface area contributed by atoms with Gasteiger partial charge in [0.25, 0.3) is 0 Å². The number of carbonyl (C=O) groups is 1. The Labute approximate surface area is 80.6 Å². The predicted molar refractivity (Wildman–Crippen MR) is 50.8 cm³/mol. The van der Waals surface area contributed by atoms with Crippen molar-refractivity contribution in [1.82, 2.24) is 5.32 Å². The highest BCUT2D eigenvalue weighted by Gasteiger charge is 2.20. The van der Waals surface area contributed by atoms with E-state index in [2.05, 4.69) is 10.3 Å². The Hall–Kier alpha value is -0.970. The second kappa shape index (κ2) is 3.83. The van der Waals surface area contributed by atoms with Gasteiger partial charge in [-0.25, -0.2) is 4.99 Å². The summed E-state index contributed by atoms with van der Waals surface area (Å²) >= 11 is 1.32. The first-order valence-corrected chi connectivity index (χ1v) is 5.00. The standard InChI is InChI=1S/C8H10N2O2S/c11-5-9-8-10-6-3-1-2-4-7(6)13-12-8/h5H,1-4H2,(H,9,10,11). The van der Waals surface area contributed by atoms with Crippen LogP contribution in [-0.2, 0) is 8.98 Å². The van der Waals surface area contributed by atoms with E-state index in [0.717, 1.165) is 18.5 Å². The predicted octanol–water partition coefficient (Wildman–Crippen LogP) is 1.55. The summed E-state index contributed by atoms with van der Waals surface area (Å²) in [6.45, 7) is 0. The quantitative estimate of drug-likeness (QED) is 0.513. The van der Waals surface area contributed by atoms with Crippen LogP contribution in [0.4, 0.5) is 0 Å². The molecule has 0 saturated heterocycles. The monoisotopic (exact) mass is 198 g/mol. The first kappa shape index (κ1) is 8.62. The van der Waals surface area contributed by atoms with Gasteiger partial charge >= 0.3 is 6.02 Å². The van der Waals surface area contributed by atoms with Crippen LogP contribution in [-0.4, -0.2) is 12.4 Å². The van der Waals surface area contributed by atoms with Crippen molar-refractivity contribution >= 4 is 24.5 Å². The molecule has 4 nitrogen and oxygen atoms in total. The largest absolute Gasteiger partial charge is 0.385 e. The second-order valence-corrected chi connectivity index (χ2v) is 3.75. The van der Waals surface area contributed by atoms with Crippen molar-refractivity contribution in [3.63, 3.8) is 0 Å². The topological polar surface area (TPSA) is 50.7 Å². The molecule has 0 unspecified atom stereocenters. The van der Waals surface area contributed by atoms with Crippen LogP contribution in [0.15, 0.2) is 15.6 Å². The highest BCUT2D eigenvalue weighted by Crippen LogP contribution is 2.36. The average molecular weight is 198 g/mol. The maximum Gasteiger partial charge on any atom is 0.309 e. The molecule has 0 aromatic carbocycles. The van der Waals surface area contributed by atoms with Crippen molar-refractivity contribution in [2.45, 2.75) is 25.7 Å². The first-order valence-electron chi connectivity index (χ1n) is 4.25. The van der Waals surface area contributed by atoms with Gasteiger partial charge in [0.05, 0.1) is 17.7 Å². The van der Waals surface area contributed by atoms with Gasteiger partial charge in [-0.15, -0.1) is 0 Å². The van der Waals surface area contributed by atoms with E-state index in [4.69, 9.17) is 4.18 Å². The minimum absolute atomic E-state index is 0.306. The Morgan fingerprint density at radius 2 is 2.31 bits per heavy atom. The Bertz CT molecular complexity index is 286. The molecule has 1 aliphatic heterocycles. The first-order chi connectivity index (χ1) is 6.40. The van der Waals surface area contributed by atoms with Crippen molar-refractivity contribution in [2.75, 3.05) is 0 Å². The van der Waals surface area contributed by atoms with Gasteiger partial charge in [0.2, 0.25) is 6.41 Å². The molecule has 70 valence electrons. The molecule has 0 spiro atoms. The van der Waals surface area contributed by atoms with E-state index < -0.39 is 0 Å². The third-order valence-electron chi connectivity index (χ3n) is 2.03. The number of amides is 1. The Balaban J connectivity index is 2.15. The summed E-state index contributed by atoms with van der Waals surface area (Å²) in [5.74, 6) is 0. The van der Waals surface area contributed by atoms with Crippen LogP contribution in [0.1, 0.15) is 25.7 Å². The van der Waals surface area contributed by atoms with E-state index in [0.29, 0.717) is 12.4 Å². The average Bonchev–Trinajstić information content (AvgIpc) is 2.18. The van der Waals surface area contributed by atoms with Gasteiger partial charge in [-0.2, -0.15) is 0 Å². The fourth-order valence-corrected chi connectivity index (χ4v) is 2.14. The van der Waals surface area contributed by atoms with Gasteiger partial charge in [0.15, 0.2) is 0 Å². The van der Waals surface area contributed by atoms with E-state index in [1.165, 1.54) is 29.8 Å². The number of amidine groups is 1. The number of aliphatic imine (C=N–C) groups is 1. The number of nitrogens with zero attached hydrogens (tertiary/aromatic N) is 1. The van der Waals surface area contributed by atoms with E-state index >= 15 is 0 Å². The highest BCUT2D eigenvalue weighted by molar-refractivity contribution is 7.99. The Morgan fingerprint density at radius 3 is 3.15 bits per heavy atom. The maximum absolute atomic E-state index is 10.1. The van der Waals surface area contributed by atoms with Crippen LogP contribution < -0.4 is 5.32 Å². The number of allylic oxidation sites excluding steroid dienone is 2. The number of rotatable bonds is 1. The normalized spacial score (nSPS) is 21.4. The molecule has 0 saturated carbocycles. The molecule has 1 aliphatic carbocycles. The van der Waals surface area contributed by atoms with Crippen LogP contribution in [0.25, 0.3) is 0 Å². The fraction of sp³-hybridized carbons (Fsp3) is 0.500. The number of nitrogens with one attached hydrogen (secondary N) is 1. The zero-order chi connectivity index (χ0) is 9.10. The van der Waals surface area contributed by atoms with Crippen LogP contribution in [0, 0.1) is 0 Å². The molecular weight excluding hydrogens is 188 g/mol. The lowest BCUT2D eigenvalue weighted by molar-refractivity contribution is -0.108. The summed E-state index contributed by atoms with van der Waals surface area (Å²) in [5, 5.41) is 2.41. The molecule has 1 amide bonds. The summed E-state index contributed by atoms with van der Waals surface area (Å²) in [4.78, 5) is 15.6. The van der Waals surface area contributed by atoms with Crippen LogP contribution in [0.3, 0.4) is 0 Å². The molecule has 13 heavy (non-hydrogen) atoms. The summed E-state index contributed by atoms with van der Waals surface area (Å²) in [7, 11) is 0. The van der Waals surface area contributed by atoms with Crippen LogP contribution in [0.5, 0.6) is 0 Å². The van der Waals surface area contributed by atoms with Gasteiger partial charge in [-0.3, -0.25) is 10.1 Å². The number of carbonyl (C=O) groups excluding carboxylic acids is 1. The third kappa shape index (κ3) is 1.85. The lowest BCUT2D eigenvalue weighted by atomic mass is 10.1. The fourth-order valence-electron chi connectivity index (χ4n) is 1.41. The van der Waals surface area contributed by atoms with Crippen molar-refractivity contribution < 1.29 is 8.98 Å². The van der Waals surface area contributed by atoms with Crippen molar-refractivity contribution in [3.05, 3.63) is 10.6 Å². The van der Waals surface area contributed by atoms with Crippen molar-refractivity contribution in [3.8, 4) is 0 Å². The highest BCUT2D eigenvalue weighted by atomic mass is 32.2. The zero-order valence-electron chi connectivity index (χ0n) is 7.08. The van der Waals surface area contributed by atoms with Gasteiger partial charge < -0.3 is 4.18 Å². The minimum atomic E-state index is 0.306. The molecule has 0 aromatic rings. The summed E-state index contributed by atoms with van der Waals surface area (Å²) < 4.78 is 5.15. The van der Waals surface area contributed by atoms with E-state index in [-0.39, 0.29) is 0 Å². The second-order valence-electron chi connectivity index (χ2n) is 2.92. The molecule has 0 bridgehead atoms. The van der Waals surface area contributed by atoms with Crippen LogP contribution in [0.2, 0.25) is 0 Å². The van der Waals surface area contributed by atoms with Gasteiger partial charge in [0.1, 0.15) is 0 Å². The lowest BCUT2D eigenvalue weighted by Crippen LogP contribution is -2.24. The number of hydrogen-bond donors (Lipinski definition) is 1. The molecule has 5 heteroatoms. The smallest absolute Gasteiger partial charge is 0.309 e. The Kier molecular flexibility index (Phi) is 2.54. The molecule has 0 atom stereocenters. The SMILES string of the molecule is O=CNC1=NC2=C(CCCC2)SO1. The molecule has 2 rings (SSSR count). The molecule has 0 fully saturated rings. The summed E-state index contributed by atoms with van der Waals surface area (Å²) in [6, 6.07) is 0.306. The minimum Gasteiger partial charge on any atom is -0.385 e. The van der Waals surface area contributed by atoms with Crippen molar-refractivity contribution in [2.24, 2.45) is 4.99 Å². The summed E-state index contributed by atoms with van der Waals surface area (Å²) in [5.41, 5.74) is 1.08. The van der Waals surface area contributed by atoms with Gasteiger partial charge in [-0.05, 0) is 25.7 Å². The van der Waals surface area contributed by atoms with Crippen LogP contribution >= 0.6 is 12.0 Å². The zero-order valence-corrected chi connectivity index (χ0v) is 7.89. The Morgan fingerprint density at radius 1 is 1.46 bits per heavy atom. The van der Waals surface area contributed by atoms with E-state index in [1.807, 2.05) is 0 Å². The van der Waals surface area contributed by atoms with Crippen molar-refractivity contribution in [1.29, 1.82) is 0 Å². The van der Waals surface area contributed by atoms with Gasteiger partial charge in [-0.1, -0.05) is 0 Å². The molecule has 0 radical (unpaired) electrons. The maximum atomic E-state index is 10.1. The number of hydrogen-bond acceptors (Lipinski definition) is 4. The van der Waals surface area contributed by atoms with E-state index in [9.17, 15) is 4.79 Å².